The van der Waals surface area contributed by atoms with Crippen LogP contribution < -0.4 is 0 Å². The van der Waals surface area contributed by atoms with Crippen molar-refractivity contribution < 1.29 is 0 Å². The van der Waals surface area contributed by atoms with Gasteiger partial charge in [0.2, 0.25) is 0 Å². The highest BCUT2D eigenvalue weighted by molar-refractivity contribution is 6.22. The lowest BCUT2D eigenvalue weighted by molar-refractivity contribution is 0.662. The molecule has 0 saturated heterocycles. The van der Waals surface area contributed by atoms with Crippen molar-refractivity contribution >= 4 is 21.5 Å². The van der Waals surface area contributed by atoms with Crippen molar-refractivity contribution in [1.29, 1.82) is 0 Å². The number of fused-ring (bicyclic) bond motifs is 5. The largest absolute Gasteiger partial charge is 0.0622 e. The first kappa shape index (κ1) is 21.1. The Hall–Kier alpha value is -4.16. The van der Waals surface area contributed by atoms with Crippen molar-refractivity contribution in [2.24, 2.45) is 0 Å². The standard InChI is InChI=1S/C36H28/c1-23-20-21-28-31(22-23)34(27-16-8-7-15-26(27)33(28)24-12-5-4-6-13-24)30-18-11-17-29-25-14-9-10-19-32(25)36(2,3)35(29)30/h4-22H,1-3H3. The van der Waals surface area contributed by atoms with Gasteiger partial charge in [0.15, 0.2) is 0 Å². The molecule has 0 heterocycles. The lowest BCUT2D eigenvalue weighted by Crippen LogP contribution is -2.16. The van der Waals surface area contributed by atoms with Gasteiger partial charge in [0.25, 0.3) is 0 Å². The van der Waals surface area contributed by atoms with Gasteiger partial charge in [-0.1, -0.05) is 135 Å². The van der Waals surface area contributed by atoms with Crippen LogP contribution in [-0.2, 0) is 5.41 Å². The Morgan fingerprint density at radius 2 is 1.08 bits per heavy atom. The van der Waals surface area contributed by atoms with E-state index < -0.39 is 0 Å². The smallest absolute Gasteiger partial charge is 0.0165 e. The highest BCUT2D eigenvalue weighted by Gasteiger charge is 2.37. The summed E-state index contributed by atoms with van der Waals surface area (Å²) in [4.78, 5) is 0. The molecular weight excluding hydrogens is 432 g/mol. The Morgan fingerprint density at radius 1 is 0.472 bits per heavy atom. The van der Waals surface area contributed by atoms with Crippen molar-refractivity contribution in [3.8, 4) is 33.4 Å². The van der Waals surface area contributed by atoms with Gasteiger partial charge in [-0.05, 0) is 73.0 Å². The zero-order valence-electron chi connectivity index (χ0n) is 21.0. The maximum absolute atomic E-state index is 2.39. The summed E-state index contributed by atoms with van der Waals surface area (Å²) in [5.41, 5.74) is 12.1. The summed E-state index contributed by atoms with van der Waals surface area (Å²) >= 11 is 0. The molecule has 0 nitrogen and oxygen atoms in total. The highest BCUT2D eigenvalue weighted by atomic mass is 14.4. The summed E-state index contributed by atoms with van der Waals surface area (Å²) in [7, 11) is 0. The molecule has 6 aromatic carbocycles. The molecule has 6 aromatic rings. The van der Waals surface area contributed by atoms with E-state index >= 15 is 0 Å². The van der Waals surface area contributed by atoms with Gasteiger partial charge >= 0.3 is 0 Å². The number of aryl methyl sites for hydroxylation is 1. The van der Waals surface area contributed by atoms with Crippen molar-refractivity contribution in [2.75, 3.05) is 0 Å². The molecule has 0 bridgehead atoms. The van der Waals surface area contributed by atoms with Crippen LogP contribution in [0.1, 0.15) is 30.5 Å². The SMILES string of the molecule is Cc1ccc2c(-c3ccccc3)c3ccccc3c(-c3cccc4c3C(C)(C)c3ccccc3-4)c2c1. The summed E-state index contributed by atoms with van der Waals surface area (Å²) in [6.07, 6.45) is 0. The molecule has 0 radical (unpaired) electrons. The number of rotatable bonds is 2. The van der Waals surface area contributed by atoms with Crippen LogP contribution in [0.25, 0.3) is 54.9 Å². The van der Waals surface area contributed by atoms with E-state index in [4.69, 9.17) is 0 Å². The Kier molecular flexibility index (Phi) is 4.51. The Bertz CT molecular complexity index is 1800. The van der Waals surface area contributed by atoms with E-state index in [1.807, 2.05) is 0 Å². The Balaban J connectivity index is 1.67. The van der Waals surface area contributed by atoms with Gasteiger partial charge in [0.05, 0.1) is 0 Å². The second-order valence-corrected chi connectivity index (χ2v) is 10.6. The van der Waals surface area contributed by atoms with Gasteiger partial charge in [-0.3, -0.25) is 0 Å². The molecule has 0 saturated carbocycles. The lowest BCUT2D eigenvalue weighted by atomic mass is 9.76. The minimum absolute atomic E-state index is 0.0716. The average Bonchev–Trinajstić information content (AvgIpc) is 3.15. The van der Waals surface area contributed by atoms with Gasteiger partial charge in [-0.2, -0.15) is 0 Å². The Morgan fingerprint density at radius 3 is 1.89 bits per heavy atom. The first-order chi connectivity index (χ1) is 17.6. The molecule has 0 heteroatoms. The summed E-state index contributed by atoms with van der Waals surface area (Å²) in [5.74, 6) is 0. The normalized spacial score (nSPS) is 13.6. The summed E-state index contributed by atoms with van der Waals surface area (Å²) in [5, 5.41) is 5.26. The topological polar surface area (TPSA) is 0 Å². The van der Waals surface area contributed by atoms with Gasteiger partial charge < -0.3 is 0 Å². The van der Waals surface area contributed by atoms with Crippen LogP contribution in [-0.4, -0.2) is 0 Å². The van der Waals surface area contributed by atoms with Crippen LogP contribution in [0.2, 0.25) is 0 Å². The van der Waals surface area contributed by atoms with Crippen molar-refractivity contribution in [3.05, 3.63) is 132 Å². The van der Waals surface area contributed by atoms with Gasteiger partial charge in [-0.25, -0.2) is 0 Å². The van der Waals surface area contributed by atoms with E-state index in [2.05, 4.69) is 136 Å². The van der Waals surface area contributed by atoms with Crippen LogP contribution in [0.5, 0.6) is 0 Å². The molecule has 0 atom stereocenters. The predicted octanol–water partition coefficient (Wildman–Crippen LogP) is 9.94. The molecule has 172 valence electrons. The molecule has 1 aliphatic rings. The highest BCUT2D eigenvalue weighted by Crippen LogP contribution is 2.54. The predicted molar refractivity (Wildman–Crippen MR) is 155 cm³/mol. The van der Waals surface area contributed by atoms with Crippen LogP contribution >= 0.6 is 0 Å². The molecule has 1 aliphatic carbocycles. The van der Waals surface area contributed by atoms with Crippen molar-refractivity contribution in [1.82, 2.24) is 0 Å². The average molecular weight is 461 g/mol. The van der Waals surface area contributed by atoms with Crippen LogP contribution in [0, 0.1) is 6.92 Å². The molecule has 0 spiro atoms. The zero-order chi connectivity index (χ0) is 24.4. The van der Waals surface area contributed by atoms with Crippen molar-refractivity contribution in [2.45, 2.75) is 26.2 Å². The molecule has 0 aromatic heterocycles. The molecule has 0 N–H and O–H groups in total. The van der Waals surface area contributed by atoms with E-state index in [9.17, 15) is 0 Å². The monoisotopic (exact) mass is 460 g/mol. The molecule has 0 aliphatic heterocycles. The minimum atomic E-state index is -0.0716. The summed E-state index contributed by atoms with van der Waals surface area (Å²) in [6, 6.07) is 42.6. The summed E-state index contributed by atoms with van der Waals surface area (Å²) in [6.45, 7) is 6.97. The fourth-order valence-corrected chi connectivity index (χ4v) is 6.55. The van der Waals surface area contributed by atoms with E-state index in [0.717, 1.165) is 0 Å². The first-order valence-corrected chi connectivity index (χ1v) is 12.8. The van der Waals surface area contributed by atoms with Gasteiger partial charge in [0, 0.05) is 5.41 Å². The zero-order valence-corrected chi connectivity index (χ0v) is 21.0. The number of hydrogen-bond acceptors (Lipinski definition) is 0. The van der Waals surface area contributed by atoms with Crippen LogP contribution in [0.15, 0.2) is 115 Å². The number of benzene rings is 6. The molecule has 0 fully saturated rings. The molecule has 0 amide bonds. The Labute approximate surface area is 212 Å². The molecular formula is C36H28. The summed E-state index contributed by atoms with van der Waals surface area (Å²) < 4.78 is 0. The number of hydrogen-bond donors (Lipinski definition) is 0. The van der Waals surface area contributed by atoms with E-state index in [1.165, 1.54) is 71.6 Å². The maximum atomic E-state index is 2.39. The van der Waals surface area contributed by atoms with Crippen LogP contribution in [0.4, 0.5) is 0 Å². The molecule has 7 rings (SSSR count). The first-order valence-electron chi connectivity index (χ1n) is 12.8. The van der Waals surface area contributed by atoms with E-state index in [1.54, 1.807) is 0 Å². The maximum Gasteiger partial charge on any atom is 0.0165 e. The molecule has 0 unspecified atom stereocenters. The minimum Gasteiger partial charge on any atom is -0.0622 e. The fraction of sp³-hybridized carbons (Fsp3) is 0.111. The quantitative estimate of drug-likeness (QED) is 0.226. The van der Waals surface area contributed by atoms with E-state index in [-0.39, 0.29) is 5.41 Å². The van der Waals surface area contributed by atoms with Gasteiger partial charge in [0.1, 0.15) is 0 Å². The lowest BCUT2D eigenvalue weighted by Gasteiger charge is -2.26. The van der Waals surface area contributed by atoms with E-state index in [0.29, 0.717) is 0 Å². The molecule has 36 heavy (non-hydrogen) atoms. The third kappa shape index (κ3) is 2.88. The fourth-order valence-electron chi connectivity index (χ4n) is 6.55. The third-order valence-corrected chi connectivity index (χ3v) is 8.09. The van der Waals surface area contributed by atoms with Gasteiger partial charge in [-0.15, -0.1) is 0 Å². The second kappa shape index (κ2) is 7.67. The second-order valence-electron chi connectivity index (χ2n) is 10.6. The van der Waals surface area contributed by atoms with Crippen molar-refractivity contribution in [3.63, 3.8) is 0 Å². The third-order valence-electron chi connectivity index (χ3n) is 8.09. The van der Waals surface area contributed by atoms with Crippen LogP contribution in [0.3, 0.4) is 0 Å².